The van der Waals surface area contributed by atoms with Crippen molar-refractivity contribution in [3.05, 3.63) is 60.2 Å². The lowest BCUT2D eigenvalue weighted by molar-refractivity contribution is 0.674. The third kappa shape index (κ3) is 6.60. The second kappa shape index (κ2) is 9.93. The average Bonchev–Trinajstić information content (AvgIpc) is 2.53. The summed E-state index contributed by atoms with van der Waals surface area (Å²) < 4.78 is 0. The van der Waals surface area contributed by atoms with Crippen LogP contribution in [0.2, 0.25) is 0 Å². The van der Waals surface area contributed by atoms with Gasteiger partial charge in [-0.25, -0.2) is 0 Å². The van der Waals surface area contributed by atoms with Gasteiger partial charge in [0.15, 0.2) is 0 Å². The summed E-state index contributed by atoms with van der Waals surface area (Å²) in [6.07, 6.45) is 1.19. The van der Waals surface area contributed by atoms with Crippen molar-refractivity contribution >= 4 is 23.5 Å². The maximum absolute atomic E-state index is 3.45. The van der Waals surface area contributed by atoms with Crippen LogP contribution in [0, 0.1) is 0 Å². The Labute approximate surface area is 136 Å². The lowest BCUT2D eigenvalue weighted by Crippen LogP contribution is -2.13. The quantitative estimate of drug-likeness (QED) is 0.512. The Morgan fingerprint density at radius 3 is 2.33 bits per heavy atom. The van der Waals surface area contributed by atoms with E-state index in [1.165, 1.54) is 21.8 Å². The molecule has 0 spiro atoms. The molecular weight excluding hydrogens is 294 g/mol. The molecule has 0 amide bonds. The Balaban J connectivity index is 1.71. The molecule has 21 heavy (non-hydrogen) atoms. The summed E-state index contributed by atoms with van der Waals surface area (Å²) in [5, 5.41) is 3.45. The van der Waals surface area contributed by atoms with Crippen LogP contribution < -0.4 is 5.32 Å². The zero-order valence-electron chi connectivity index (χ0n) is 12.5. The van der Waals surface area contributed by atoms with Gasteiger partial charge in [-0.05, 0) is 42.8 Å². The van der Waals surface area contributed by atoms with Crippen molar-refractivity contribution in [3.63, 3.8) is 0 Å². The number of hydrogen-bond donors (Lipinski definition) is 1. The standard InChI is InChI=1S/C18H23NS2/c1-2-11-19-15-16-7-6-10-18(14-16)21-13-12-20-17-8-4-3-5-9-17/h3-10,14,19H,2,11-13,15H2,1H3. The molecule has 0 atom stereocenters. The molecule has 1 nitrogen and oxygen atoms in total. The zero-order valence-corrected chi connectivity index (χ0v) is 14.2. The fourth-order valence-corrected chi connectivity index (χ4v) is 3.89. The highest BCUT2D eigenvalue weighted by atomic mass is 32.2. The van der Waals surface area contributed by atoms with Crippen molar-refractivity contribution in [1.82, 2.24) is 5.32 Å². The smallest absolute Gasteiger partial charge is 0.0205 e. The summed E-state index contributed by atoms with van der Waals surface area (Å²) in [6, 6.07) is 19.5. The van der Waals surface area contributed by atoms with Gasteiger partial charge in [-0.3, -0.25) is 0 Å². The second-order valence-electron chi connectivity index (χ2n) is 4.83. The summed E-state index contributed by atoms with van der Waals surface area (Å²) >= 11 is 3.87. The van der Waals surface area contributed by atoms with Gasteiger partial charge in [-0.15, -0.1) is 23.5 Å². The number of nitrogens with one attached hydrogen (secondary N) is 1. The molecule has 0 fully saturated rings. The summed E-state index contributed by atoms with van der Waals surface area (Å²) in [7, 11) is 0. The van der Waals surface area contributed by atoms with E-state index in [-0.39, 0.29) is 0 Å². The number of thioether (sulfide) groups is 2. The van der Waals surface area contributed by atoms with Crippen LogP contribution in [-0.4, -0.2) is 18.1 Å². The van der Waals surface area contributed by atoms with Crippen LogP contribution in [0.25, 0.3) is 0 Å². The van der Waals surface area contributed by atoms with Gasteiger partial charge in [-0.1, -0.05) is 37.3 Å². The minimum absolute atomic E-state index is 0.973. The largest absolute Gasteiger partial charge is 0.313 e. The van der Waals surface area contributed by atoms with Crippen LogP contribution in [0.1, 0.15) is 18.9 Å². The third-order valence-corrected chi connectivity index (χ3v) is 5.29. The first-order valence-electron chi connectivity index (χ1n) is 7.49. The van der Waals surface area contributed by atoms with E-state index in [0.717, 1.165) is 24.6 Å². The van der Waals surface area contributed by atoms with Gasteiger partial charge in [0.05, 0.1) is 0 Å². The van der Waals surface area contributed by atoms with E-state index in [4.69, 9.17) is 0 Å². The minimum Gasteiger partial charge on any atom is -0.313 e. The SMILES string of the molecule is CCCNCc1cccc(SCCSc2ccccc2)c1. The first-order chi connectivity index (χ1) is 10.4. The van der Waals surface area contributed by atoms with E-state index < -0.39 is 0 Å². The van der Waals surface area contributed by atoms with Crippen LogP contribution >= 0.6 is 23.5 Å². The minimum atomic E-state index is 0.973. The van der Waals surface area contributed by atoms with Crippen LogP contribution in [0.4, 0.5) is 0 Å². The summed E-state index contributed by atoms with van der Waals surface area (Å²) in [5.74, 6) is 2.29. The average molecular weight is 318 g/mol. The lowest BCUT2D eigenvalue weighted by atomic mass is 10.2. The van der Waals surface area contributed by atoms with E-state index in [0.29, 0.717) is 0 Å². The molecule has 2 rings (SSSR count). The Hall–Kier alpha value is -0.900. The van der Waals surface area contributed by atoms with E-state index in [2.05, 4.69) is 66.8 Å². The van der Waals surface area contributed by atoms with Crippen LogP contribution in [-0.2, 0) is 6.54 Å². The van der Waals surface area contributed by atoms with Gasteiger partial charge in [0.25, 0.3) is 0 Å². The van der Waals surface area contributed by atoms with Crippen molar-refractivity contribution < 1.29 is 0 Å². The molecular formula is C18H23NS2. The molecule has 0 heterocycles. The summed E-state index contributed by atoms with van der Waals surface area (Å²) in [4.78, 5) is 2.73. The predicted molar refractivity (Wildman–Crippen MR) is 96.3 cm³/mol. The van der Waals surface area contributed by atoms with Crippen molar-refractivity contribution in [1.29, 1.82) is 0 Å². The zero-order chi connectivity index (χ0) is 14.8. The van der Waals surface area contributed by atoms with Crippen LogP contribution in [0.15, 0.2) is 64.4 Å². The second-order valence-corrected chi connectivity index (χ2v) is 7.17. The molecule has 3 heteroatoms. The molecule has 112 valence electrons. The van der Waals surface area contributed by atoms with Crippen molar-refractivity contribution in [2.24, 2.45) is 0 Å². The normalized spacial score (nSPS) is 10.7. The highest BCUT2D eigenvalue weighted by Gasteiger charge is 1.98. The Morgan fingerprint density at radius 2 is 1.57 bits per heavy atom. The first-order valence-corrected chi connectivity index (χ1v) is 9.46. The van der Waals surface area contributed by atoms with Gasteiger partial charge >= 0.3 is 0 Å². The van der Waals surface area contributed by atoms with E-state index >= 15 is 0 Å². The maximum atomic E-state index is 3.45. The van der Waals surface area contributed by atoms with Crippen LogP contribution in [0.3, 0.4) is 0 Å². The van der Waals surface area contributed by atoms with Gasteiger partial charge in [0.2, 0.25) is 0 Å². The predicted octanol–water partition coefficient (Wildman–Crippen LogP) is 5.07. The van der Waals surface area contributed by atoms with Crippen molar-refractivity contribution in [2.75, 3.05) is 18.1 Å². The maximum Gasteiger partial charge on any atom is 0.0205 e. The van der Waals surface area contributed by atoms with Gasteiger partial charge in [0.1, 0.15) is 0 Å². The molecule has 0 bridgehead atoms. The number of hydrogen-bond acceptors (Lipinski definition) is 3. The highest BCUT2D eigenvalue weighted by molar-refractivity contribution is 8.03. The molecule has 2 aromatic rings. The van der Waals surface area contributed by atoms with E-state index in [9.17, 15) is 0 Å². The Morgan fingerprint density at radius 1 is 0.857 bits per heavy atom. The molecule has 0 aliphatic rings. The molecule has 0 aliphatic carbocycles. The van der Waals surface area contributed by atoms with Gasteiger partial charge in [0, 0.05) is 27.8 Å². The fraction of sp³-hybridized carbons (Fsp3) is 0.333. The van der Waals surface area contributed by atoms with E-state index in [1.807, 2.05) is 23.5 Å². The molecule has 0 unspecified atom stereocenters. The highest BCUT2D eigenvalue weighted by Crippen LogP contribution is 2.23. The molecule has 0 saturated heterocycles. The monoisotopic (exact) mass is 317 g/mol. The molecule has 0 saturated carbocycles. The molecule has 0 radical (unpaired) electrons. The third-order valence-electron chi connectivity index (χ3n) is 3.02. The van der Waals surface area contributed by atoms with Crippen molar-refractivity contribution in [3.8, 4) is 0 Å². The summed E-state index contributed by atoms with van der Waals surface area (Å²) in [6.45, 7) is 4.26. The summed E-state index contributed by atoms with van der Waals surface area (Å²) in [5.41, 5.74) is 1.38. The Kier molecular flexibility index (Phi) is 7.79. The fourth-order valence-electron chi connectivity index (χ4n) is 1.99. The number of rotatable bonds is 9. The molecule has 0 aliphatic heterocycles. The first kappa shape index (κ1) is 16.5. The molecule has 2 aromatic carbocycles. The lowest BCUT2D eigenvalue weighted by Gasteiger charge is -2.06. The molecule has 0 aromatic heterocycles. The number of benzene rings is 2. The molecule has 1 N–H and O–H groups in total. The topological polar surface area (TPSA) is 12.0 Å². The van der Waals surface area contributed by atoms with Gasteiger partial charge in [-0.2, -0.15) is 0 Å². The van der Waals surface area contributed by atoms with Gasteiger partial charge < -0.3 is 5.32 Å². The Bertz CT molecular complexity index is 514. The van der Waals surface area contributed by atoms with Crippen LogP contribution in [0.5, 0.6) is 0 Å². The van der Waals surface area contributed by atoms with Crippen molar-refractivity contribution in [2.45, 2.75) is 29.7 Å². The van der Waals surface area contributed by atoms with E-state index in [1.54, 1.807) is 0 Å².